The van der Waals surface area contributed by atoms with Crippen LogP contribution in [-0.4, -0.2) is 55.0 Å². The van der Waals surface area contributed by atoms with Crippen LogP contribution in [0, 0.1) is 11.8 Å². The molecule has 2 aliphatic heterocycles. The summed E-state index contributed by atoms with van der Waals surface area (Å²) < 4.78 is 16.4. The highest BCUT2D eigenvalue weighted by Crippen LogP contribution is 2.38. The van der Waals surface area contributed by atoms with Gasteiger partial charge in [-0.15, -0.1) is 11.3 Å². The maximum atomic E-state index is 13.1. The molecule has 2 aromatic rings. The Bertz CT molecular complexity index is 1110. The van der Waals surface area contributed by atoms with E-state index in [1.807, 2.05) is 17.5 Å². The van der Waals surface area contributed by atoms with E-state index >= 15 is 0 Å². The van der Waals surface area contributed by atoms with Crippen molar-refractivity contribution in [2.75, 3.05) is 31.3 Å². The lowest BCUT2D eigenvalue weighted by molar-refractivity contribution is -0.154. The number of hydrogen-bond donors (Lipinski definition) is 0. The van der Waals surface area contributed by atoms with Crippen LogP contribution < -0.4 is 14.4 Å². The zero-order valence-corrected chi connectivity index (χ0v) is 20.0. The number of rotatable bonds is 7. The fourth-order valence-electron chi connectivity index (χ4n) is 4.86. The Morgan fingerprint density at radius 1 is 1.03 bits per heavy atom. The van der Waals surface area contributed by atoms with Gasteiger partial charge in [0.05, 0.1) is 18.4 Å². The Balaban J connectivity index is 1.25. The van der Waals surface area contributed by atoms with Crippen molar-refractivity contribution in [3.05, 3.63) is 40.6 Å². The summed E-state index contributed by atoms with van der Waals surface area (Å²) in [6.07, 6.45) is 3.17. The minimum absolute atomic E-state index is 0.292. The Labute approximate surface area is 206 Å². The van der Waals surface area contributed by atoms with Gasteiger partial charge in [0.15, 0.2) is 18.1 Å². The molecule has 3 heterocycles. The number of nitrogens with zero attached hydrogens (tertiary/aromatic N) is 2. The first-order chi connectivity index (χ1) is 17.0. The number of carbonyl (C=O) groups is 4. The van der Waals surface area contributed by atoms with E-state index in [0.717, 1.165) is 22.6 Å². The first-order valence-electron chi connectivity index (χ1n) is 11.7. The van der Waals surface area contributed by atoms with Crippen molar-refractivity contribution in [1.82, 2.24) is 4.90 Å². The van der Waals surface area contributed by atoms with Crippen molar-refractivity contribution >= 4 is 40.7 Å². The summed E-state index contributed by atoms with van der Waals surface area (Å²) in [6.45, 7) is 0.195. The minimum Gasteiger partial charge on any atom is -0.486 e. The molecule has 3 amide bonds. The van der Waals surface area contributed by atoms with Crippen LogP contribution in [0.3, 0.4) is 0 Å². The normalized spacial score (nSPS) is 21.0. The van der Waals surface area contributed by atoms with E-state index in [-0.39, 0.29) is 23.7 Å². The molecule has 1 aliphatic carbocycles. The Kier molecular flexibility index (Phi) is 6.72. The van der Waals surface area contributed by atoms with E-state index in [1.54, 1.807) is 18.2 Å². The highest BCUT2D eigenvalue weighted by molar-refractivity contribution is 7.09. The number of amides is 3. The number of benzene rings is 1. The van der Waals surface area contributed by atoms with Gasteiger partial charge in [0.1, 0.15) is 19.8 Å². The lowest BCUT2D eigenvalue weighted by atomic mass is 9.81. The summed E-state index contributed by atoms with van der Waals surface area (Å²) in [5, 5.41) is 1.92. The molecular formula is C25H26N2O7S. The maximum absolute atomic E-state index is 13.1. The molecule has 0 spiro atoms. The molecule has 0 radical (unpaired) electrons. The zero-order valence-electron chi connectivity index (χ0n) is 19.1. The van der Waals surface area contributed by atoms with Crippen molar-refractivity contribution in [3.8, 4) is 11.5 Å². The Hall–Kier alpha value is -3.40. The monoisotopic (exact) mass is 498 g/mol. The average molecular weight is 499 g/mol. The van der Waals surface area contributed by atoms with Gasteiger partial charge in [-0.1, -0.05) is 18.9 Å². The first kappa shape index (κ1) is 23.3. The van der Waals surface area contributed by atoms with Gasteiger partial charge in [-0.3, -0.25) is 24.1 Å². The molecule has 0 N–H and O–H groups in total. The van der Waals surface area contributed by atoms with Gasteiger partial charge in [-0.25, -0.2) is 0 Å². The molecule has 5 rings (SSSR count). The second-order valence-electron chi connectivity index (χ2n) is 8.81. The van der Waals surface area contributed by atoms with Gasteiger partial charge >= 0.3 is 5.97 Å². The van der Waals surface area contributed by atoms with Crippen LogP contribution in [0.4, 0.5) is 5.69 Å². The summed E-state index contributed by atoms with van der Waals surface area (Å²) in [5.41, 5.74) is 0.581. The Morgan fingerprint density at radius 3 is 2.43 bits per heavy atom. The van der Waals surface area contributed by atoms with Crippen molar-refractivity contribution in [2.45, 2.75) is 32.2 Å². The first-order valence-corrected chi connectivity index (χ1v) is 12.6. The number of imide groups is 1. The van der Waals surface area contributed by atoms with Crippen LogP contribution in [0.25, 0.3) is 0 Å². The predicted molar refractivity (Wildman–Crippen MR) is 126 cm³/mol. The van der Waals surface area contributed by atoms with Crippen LogP contribution in [0.5, 0.6) is 11.5 Å². The highest BCUT2D eigenvalue weighted by Gasteiger charge is 2.48. The van der Waals surface area contributed by atoms with E-state index in [9.17, 15) is 19.2 Å². The van der Waals surface area contributed by atoms with Crippen molar-refractivity contribution < 1.29 is 33.4 Å². The number of esters is 1. The second kappa shape index (κ2) is 10.1. The van der Waals surface area contributed by atoms with E-state index < -0.39 is 25.0 Å². The topological polar surface area (TPSA) is 102 Å². The van der Waals surface area contributed by atoms with Gasteiger partial charge in [0, 0.05) is 16.6 Å². The molecule has 0 bridgehead atoms. The molecule has 1 aromatic heterocycles. The fourth-order valence-corrected chi connectivity index (χ4v) is 5.56. The summed E-state index contributed by atoms with van der Waals surface area (Å²) in [7, 11) is 0. The van der Waals surface area contributed by atoms with E-state index in [2.05, 4.69) is 0 Å². The molecule has 2 atom stereocenters. The number of carbonyl (C=O) groups excluding carboxylic acids is 4. The number of thiophene rings is 1. The van der Waals surface area contributed by atoms with Gasteiger partial charge in [-0.05, 0) is 36.4 Å². The second-order valence-corrected chi connectivity index (χ2v) is 9.84. The quantitative estimate of drug-likeness (QED) is 0.427. The molecule has 3 aliphatic rings. The largest absolute Gasteiger partial charge is 0.486 e. The van der Waals surface area contributed by atoms with Crippen molar-refractivity contribution in [2.24, 2.45) is 11.8 Å². The van der Waals surface area contributed by atoms with Crippen LogP contribution in [0.1, 0.15) is 30.6 Å². The van der Waals surface area contributed by atoms with Gasteiger partial charge in [0.25, 0.3) is 5.91 Å². The Morgan fingerprint density at radius 2 is 1.74 bits per heavy atom. The van der Waals surface area contributed by atoms with Gasteiger partial charge in [0.2, 0.25) is 11.8 Å². The molecular weight excluding hydrogens is 472 g/mol. The number of anilines is 1. The smallest absolute Gasteiger partial charge is 0.326 e. The van der Waals surface area contributed by atoms with E-state index in [1.165, 1.54) is 16.2 Å². The number of fused-ring (bicyclic) bond motifs is 2. The lowest BCUT2D eigenvalue weighted by Crippen LogP contribution is -2.39. The lowest BCUT2D eigenvalue weighted by Gasteiger charge is -2.25. The third-order valence-electron chi connectivity index (χ3n) is 6.61. The standard InChI is InChI=1S/C25H26N2O7S/c28-22(15-34-23(29)14-27-24(30)18-5-1-2-6-19(18)25(27)31)26(13-17-4-3-11-35-17)16-7-8-20-21(12-16)33-10-9-32-20/h3-4,7-8,11-12,18-19H,1-2,5-6,9-10,13-15H2. The number of likely N-dealkylation sites (tertiary alicyclic amines) is 1. The number of hydrogen-bond acceptors (Lipinski definition) is 8. The summed E-state index contributed by atoms with van der Waals surface area (Å²) in [4.78, 5) is 54.3. The van der Waals surface area contributed by atoms with Crippen LogP contribution >= 0.6 is 11.3 Å². The third kappa shape index (κ3) is 4.88. The molecule has 35 heavy (non-hydrogen) atoms. The van der Waals surface area contributed by atoms with Crippen LogP contribution in [0.15, 0.2) is 35.7 Å². The molecule has 10 heteroatoms. The minimum atomic E-state index is -0.781. The average Bonchev–Trinajstić information content (AvgIpc) is 3.48. The van der Waals surface area contributed by atoms with Crippen molar-refractivity contribution in [1.29, 1.82) is 0 Å². The predicted octanol–water partition coefficient (Wildman–Crippen LogP) is 2.77. The van der Waals surface area contributed by atoms with Crippen molar-refractivity contribution in [3.63, 3.8) is 0 Å². The fraction of sp³-hybridized carbons (Fsp3) is 0.440. The summed E-state index contributed by atoms with van der Waals surface area (Å²) in [6, 6.07) is 9.04. The molecule has 1 saturated carbocycles. The van der Waals surface area contributed by atoms with Gasteiger partial charge in [-0.2, -0.15) is 0 Å². The summed E-state index contributed by atoms with van der Waals surface area (Å²) >= 11 is 1.51. The SMILES string of the molecule is O=C(CN1C(=O)C2CCCCC2C1=O)OCC(=O)N(Cc1cccs1)c1ccc2c(c1)OCCO2. The highest BCUT2D eigenvalue weighted by atomic mass is 32.1. The van der Waals surface area contributed by atoms with E-state index in [4.69, 9.17) is 14.2 Å². The van der Waals surface area contributed by atoms with E-state index in [0.29, 0.717) is 49.8 Å². The van der Waals surface area contributed by atoms with Crippen LogP contribution in [-0.2, 0) is 30.5 Å². The molecule has 1 aromatic carbocycles. The molecule has 2 fully saturated rings. The molecule has 1 saturated heterocycles. The molecule has 2 unspecified atom stereocenters. The van der Waals surface area contributed by atoms with Crippen LogP contribution in [0.2, 0.25) is 0 Å². The maximum Gasteiger partial charge on any atom is 0.326 e. The zero-order chi connectivity index (χ0) is 24.4. The molecule has 9 nitrogen and oxygen atoms in total. The summed E-state index contributed by atoms with van der Waals surface area (Å²) in [5.74, 6) is -1.34. The number of ether oxygens (including phenoxy) is 3. The van der Waals surface area contributed by atoms with Gasteiger partial charge < -0.3 is 19.1 Å². The third-order valence-corrected chi connectivity index (χ3v) is 7.47. The molecule has 184 valence electrons.